The number of hydrogen-bond acceptors (Lipinski definition) is 5. The number of ether oxygens (including phenoxy) is 3. The van der Waals surface area contributed by atoms with Crippen LogP contribution in [0.15, 0.2) is 42.5 Å². The summed E-state index contributed by atoms with van der Waals surface area (Å²) in [5.41, 5.74) is 1.77. The highest BCUT2D eigenvalue weighted by Crippen LogP contribution is 2.39. The number of nitrogens with one attached hydrogen (secondary N) is 1. The molecule has 0 radical (unpaired) electrons. The summed E-state index contributed by atoms with van der Waals surface area (Å²) < 4.78 is 16.1. The highest BCUT2D eigenvalue weighted by atomic mass is 16.5. The van der Waals surface area contributed by atoms with Crippen LogP contribution in [0.4, 0.5) is 0 Å². The molecule has 0 saturated carbocycles. The topological polar surface area (TPSA) is 60.0 Å². The maximum Gasteiger partial charge on any atom is 0.255 e. The van der Waals surface area contributed by atoms with E-state index < -0.39 is 0 Å². The first-order valence-corrected chi connectivity index (χ1v) is 9.52. The second-order valence-electron chi connectivity index (χ2n) is 6.89. The number of amides is 1. The average Bonchev–Trinajstić information content (AvgIpc) is 2.74. The number of likely N-dealkylation sites (tertiary alicyclic amines) is 1. The van der Waals surface area contributed by atoms with Crippen molar-refractivity contribution in [3.05, 3.63) is 53.6 Å². The Labute approximate surface area is 166 Å². The van der Waals surface area contributed by atoms with Gasteiger partial charge in [0.15, 0.2) is 11.5 Å². The molecule has 2 aromatic rings. The molecule has 1 saturated heterocycles. The van der Waals surface area contributed by atoms with Crippen molar-refractivity contribution < 1.29 is 19.0 Å². The molecule has 6 heteroatoms. The van der Waals surface area contributed by atoms with E-state index in [0.717, 1.165) is 32.5 Å². The van der Waals surface area contributed by atoms with Gasteiger partial charge >= 0.3 is 0 Å². The van der Waals surface area contributed by atoms with Gasteiger partial charge in [0.05, 0.1) is 26.9 Å². The van der Waals surface area contributed by atoms with Crippen molar-refractivity contribution in [3.63, 3.8) is 0 Å². The normalized spacial score (nSPS) is 15.1. The summed E-state index contributed by atoms with van der Waals surface area (Å²) >= 11 is 0. The average molecular weight is 384 g/mol. The van der Waals surface area contributed by atoms with Gasteiger partial charge in [-0.15, -0.1) is 0 Å². The van der Waals surface area contributed by atoms with E-state index in [-0.39, 0.29) is 11.9 Å². The molecular formula is C22H28N2O4. The lowest BCUT2D eigenvalue weighted by atomic mass is 10.0. The van der Waals surface area contributed by atoms with Crippen molar-refractivity contribution in [2.75, 3.05) is 34.4 Å². The van der Waals surface area contributed by atoms with Crippen LogP contribution in [-0.4, -0.2) is 51.3 Å². The van der Waals surface area contributed by atoms with E-state index in [4.69, 9.17) is 14.2 Å². The fraction of sp³-hybridized carbons (Fsp3) is 0.409. The summed E-state index contributed by atoms with van der Waals surface area (Å²) in [5, 5.41) is 3.14. The molecule has 1 aliphatic rings. The number of methoxy groups -OCH3 is 3. The summed E-state index contributed by atoms with van der Waals surface area (Å²) in [7, 11) is 4.61. The van der Waals surface area contributed by atoms with Gasteiger partial charge in [0, 0.05) is 25.7 Å². The van der Waals surface area contributed by atoms with Gasteiger partial charge in [-0.3, -0.25) is 9.69 Å². The third kappa shape index (κ3) is 4.57. The zero-order chi connectivity index (χ0) is 19.9. The van der Waals surface area contributed by atoms with Crippen LogP contribution < -0.4 is 19.5 Å². The van der Waals surface area contributed by atoms with Crippen molar-refractivity contribution in [1.29, 1.82) is 0 Å². The van der Waals surface area contributed by atoms with E-state index in [1.54, 1.807) is 19.2 Å². The quantitative estimate of drug-likeness (QED) is 0.795. The van der Waals surface area contributed by atoms with Gasteiger partial charge in [-0.05, 0) is 30.5 Å². The van der Waals surface area contributed by atoms with Crippen molar-refractivity contribution in [2.45, 2.75) is 25.4 Å². The van der Waals surface area contributed by atoms with Gasteiger partial charge < -0.3 is 19.5 Å². The Balaban J connectivity index is 1.60. The first-order valence-electron chi connectivity index (χ1n) is 9.52. The van der Waals surface area contributed by atoms with E-state index in [2.05, 4.69) is 34.5 Å². The fourth-order valence-corrected chi connectivity index (χ4v) is 3.62. The summed E-state index contributed by atoms with van der Waals surface area (Å²) in [5.74, 6) is 1.20. The molecule has 6 nitrogen and oxygen atoms in total. The molecule has 0 unspecified atom stereocenters. The van der Waals surface area contributed by atoms with E-state index >= 15 is 0 Å². The van der Waals surface area contributed by atoms with E-state index in [9.17, 15) is 4.79 Å². The van der Waals surface area contributed by atoms with Gasteiger partial charge in [0.1, 0.15) is 0 Å². The SMILES string of the molecule is COc1ccc(C(=O)NC2CCN(Cc3ccccc3)CC2)c(OC)c1OC. The maximum atomic E-state index is 12.8. The Bertz CT molecular complexity index is 787. The van der Waals surface area contributed by atoms with Crippen LogP contribution in [0.1, 0.15) is 28.8 Å². The smallest absolute Gasteiger partial charge is 0.255 e. The molecule has 1 amide bonds. The van der Waals surface area contributed by atoms with Crippen LogP contribution in [0.5, 0.6) is 17.2 Å². The monoisotopic (exact) mass is 384 g/mol. The second kappa shape index (κ2) is 9.46. The van der Waals surface area contributed by atoms with Crippen LogP contribution in [-0.2, 0) is 6.54 Å². The summed E-state index contributed by atoms with van der Waals surface area (Å²) in [6.07, 6.45) is 1.85. The van der Waals surface area contributed by atoms with Crippen molar-refractivity contribution in [3.8, 4) is 17.2 Å². The summed E-state index contributed by atoms with van der Waals surface area (Å²) in [4.78, 5) is 15.3. The minimum atomic E-state index is -0.153. The van der Waals surface area contributed by atoms with Gasteiger partial charge in [-0.25, -0.2) is 0 Å². The number of nitrogens with zero attached hydrogens (tertiary/aromatic N) is 1. The number of carbonyl (C=O) groups is 1. The number of benzene rings is 2. The Morgan fingerprint density at radius 1 is 0.964 bits per heavy atom. The second-order valence-corrected chi connectivity index (χ2v) is 6.89. The number of carbonyl (C=O) groups excluding carboxylic acids is 1. The Hall–Kier alpha value is -2.73. The molecule has 0 aliphatic carbocycles. The van der Waals surface area contributed by atoms with Gasteiger partial charge in [0.2, 0.25) is 5.75 Å². The standard InChI is InChI=1S/C22H28N2O4/c1-26-19-10-9-18(20(27-2)21(19)28-3)22(25)23-17-11-13-24(14-12-17)15-16-7-5-4-6-8-16/h4-10,17H,11-15H2,1-3H3,(H,23,25). The maximum absolute atomic E-state index is 12.8. The van der Waals surface area contributed by atoms with Gasteiger partial charge in [0.25, 0.3) is 5.91 Å². The van der Waals surface area contributed by atoms with Crippen LogP contribution in [0, 0.1) is 0 Å². The Morgan fingerprint density at radius 2 is 1.64 bits per heavy atom. The minimum Gasteiger partial charge on any atom is -0.493 e. The minimum absolute atomic E-state index is 0.150. The van der Waals surface area contributed by atoms with Crippen molar-refractivity contribution in [2.24, 2.45) is 0 Å². The molecular weight excluding hydrogens is 356 g/mol. The molecule has 1 aliphatic heterocycles. The van der Waals surface area contributed by atoms with Crippen LogP contribution in [0.2, 0.25) is 0 Å². The molecule has 0 spiro atoms. The van der Waals surface area contributed by atoms with E-state index in [1.807, 2.05) is 6.07 Å². The van der Waals surface area contributed by atoms with Gasteiger partial charge in [-0.1, -0.05) is 30.3 Å². The molecule has 28 heavy (non-hydrogen) atoms. The molecule has 0 atom stereocenters. The van der Waals surface area contributed by atoms with Crippen LogP contribution in [0.25, 0.3) is 0 Å². The lowest BCUT2D eigenvalue weighted by molar-refractivity contribution is 0.0905. The van der Waals surface area contributed by atoms with Crippen molar-refractivity contribution >= 4 is 5.91 Å². The molecule has 1 fully saturated rings. The molecule has 2 aromatic carbocycles. The summed E-state index contributed by atoms with van der Waals surface area (Å²) in [6.45, 7) is 2.87. The Kier molecular flexibility index (Phi) is 6.76. The zero-order valence-electron chi connectivity index (χ0n) is 16.7. The fourth-order valence-electron chi connectivity index (χ4n) is 3.62. The van der Waals surface area contributed by atoms with Crippen LogP contribution in [0.3, 0.4) is 0 Å². The first-order chi connectivity index (χ1) is 13.7. The molecule has 1 N–H and O–H groups in total. The zero-order valence-corrected chi connectivity index (χ0v) is 16.7. The molecule has 150 valence electrons. The third-order valence-corrected chi connectivity index (χ3v) is 5.12. The highest BCUT2D eigenvalue weighted by molar-refractivity contribution is 5.98. The van der Waals surface area contributed by atoms with Gasteiger partial charge in [-0.2, -0.15) is 0 Å². The largest absolute Gasteiger partial charge is 0.493 e. The van der Waals surface area contributed by atoms with E-state index in [0.29, 0.717) is 22.8 Å². The predicted octanol–water partition coefficient (Wildman–Crippen LogP) is 3.11. The van der Waals surface area contributed by atoms with E-state index in [1.165, 1.54) is 19.8 Å². The lowest BCUT2D eigenvalue weighted by Crippen LogP contribution is -2.44. The molecule has 0 bridgehead atoms. The number of rotatable bonds is 7. The number of hydrogen-bond donors (Lipinski definition) is 1. The molecule has 3 rings (SSSR count). The highest BCUT2D eigenvalue weighted by Gasteiger charge is 2.25. The van der Waals surface area contributed by atoms with Crippen LogP contribution >= 0.6 is 0 Å². The molecule has 1 heterocycles. The summed E-state index contributed by atoms with van der Waals surface area (Å²) in [6, 6.07) is 14.1. The molecule has 0 aromatic heterocycles. The number of piperidine rings is 1. The Morgan fingerprint density at radius 3 is 2.25 bits per heavy atom. The predicted molar refractivity (Wildman–Crippen MR) is 108 cm³/mol. The first kappa shape index (κ1) is 20.0. The third-order valence-electron chi connectivity index (χ3n) is 5.12. The van der Waals surface area contributed by atoms with Crippen molar-refractivity contribution in [1.82, 2.24) is 10.2 Å². The lowest BCUT2D eigenvalue weighted by Gasteiger charge is -2.32.